The predicted molar refractivity (Wildman–Crippen MR) is 90.1 cm³/mol. The summed E-state index contributed by atoms with van der Waals surface area (Å²) in [5, 5.41) is 0. The van der Waals surface area contributed by atoms with E-state index in [0.29, 0.717) is 32.8 Å². The minimum Gasteiger partial charge on any atom is -0.373 e. The van der Waals surface area contributed by atoms with E-state index in [9.17, 15) is 9.59 Å². The minimum absolute atomic E-state index is 0.121. The first-order chi connectivity index (χ1) is 11.6. The molecule has 0 aliphatic carbocycles. The molecular formula is C18H25N3O3. The first-order valence-electron chi connectivity index (χ1n) is 8.61. The molecule has 2 atom stereocenters. The third-order valence-electron chi connectivity index (χ3n) is 4.83. The number of ether oxygens (including phenoxy) is 1. The summed E-state index contributed by atoms with van der Waals surface area (Å²) < 4.78 is 5.94. The van der Waals surface area contributed by atoms with E-state index >= 15 is 0 Å². The molecule has 2 amide bonds. The van der Waals surface area contributed by atoms with Crippen molar-refractivity contribution in [3.05, 3.63) is 35.9 Å². The largest absolute Gasteiger partial charge is 0.373 e. The van der Waals surface area contributed by atoms with Crippen molar-refractivity contribution in [1.82, 2.24) is 9.80 Å². The van der Waals surface area contributed by atoms with E-state index < -0.39 is 0 Å². The van der Waals surface area contributed by atoms with Crippen molar-refractivity contribution >= 4 is 11.8 Å². The monoisotopic (exact) mass is 331 g/mol. The summed E-state index contributed by atoms with van der Waals surface area (Å²) in [5.74, 6) is -0.272. The molecule has 2 aliphatic rings. The maximum Gasteiger partial charge on any atom is 0.231 e. The van der Waals surface area contributed by atoms with Gasteiger partial charge in [-0.05, 0) is 18.4 Å². The van der Waals surface area contributed by atoms with Crippen LogP contribution in [0.15, 0.2) is 30.3 Å². The zero-order valence-electron chi connectivity index (χ0n) is 13.9. The second kappa shape index (κ2) is 7.77. The van der Waals surface area contributed by atoms with Crippen LogP contribution in [-0.4, -0.2) is 60.9 Å². The summed E-state index contributed by atoms with van der Waals surface area (Å²) in [6.07, 6.45) is 1.62. The number of nitrogens with two attached hydrogens (primary N) is 1. The zero-order valence-corrected chi connectivity index (χ0v) is 13.9. The maximum absolute atomic E-state index is 13.0. The van der Waals surface area contributed by atoms with E-state index in [1.54, 1.807) is 0 Å². The van der Waals surface area contributed by atoms with Gasteiger partial charge in [-0.1, -0.05) is 30.3 Å². The number of hydrogen-bond donors (Lipinski definition) is 1. The van der Waals surface area contributed by atoms with Crippen LogP contribution in [0.25, 0.3) is 0 Å². The molecule has 0 unspecified atom stereocenters. The topological polar surface area (TPSA) is 75.9 Å². The highest BCUT2D eigenvalue weighted by Gasteiger charge is 2.36. The van der Waals surface area contributed by atoms with E-state index in [2.05, 4.69) is 0 Å². The number of carbonyl (C=O) groups excluding carboxylic acids is 2. The van der Waals surface area contributed by atoms with Crippen LogP contribution in [0.1, 0.15) is 24.5 Å². The van der Waals surface area contributed by atoms with Gasteiger partial charge in [-0.2, -0.15) is 0 Å². The molecule has 2 N–H and O–H groups in total. The Hall–Kier alpha value is -1.92. The van der Waals surface area contributed by atoms with Crippen LogP contribution in [0.4, 0.5) is 0 Å². The Kier molecular flexibility index (Phi) is 5.48. The number of rotatable bonds is 4. The van der Waals surface area contributed by atoms with Gasteiger partial charge in [-0.3, -0.25) is 14.5 Å². The molecule has 6 heteroatoms. The molecular weight excluding hydrogens is 306 g/mol. The fourth-order valence-corrected chi connectivity index (χ4v) is 3.59. The normalized spacial score (nSPS) is 25.4. The fraction of sp³-hybridized carbons (Fsp3) is 0.556. The Labute approximate surface area is 142 Å². The molecule has 0 bridgehead atoms. The predicted octanol–water partition coefficient (Wildman–Crippen LogP) is 0.784. The third kappa shape index (κ3) is 3.94. The van der Waals surface area contributed by atoms with Crippen LogP contribution in [0.5, 0.6) is 0 Å². The van der Waals surface area contributed by atoms with Crippen molar-refractivity contribution in [2.75, 3.05) is 39.3 Å². The Morgan fingerprint density at radius 1 is 1.12 bits per heavy atom. The molecule has 2 saturated heterocycles. The van der Waals surface area contributed by atoms with Crippen LogP contribution < -0.4 is 5.73 Å². The summed E-state index contributed by atoms with van der Waals surface area (Å²) in [4.78, 5) is 27.9. The number of amides is 2. The molecule has 0 spiro atoms. The molecule has 1 aromatic rings. The highest BCUT2D eigenvalue weighted by atomic mass is 16.5. The smallest absolute Gasteiger partial charge is 0.231 e. The molecule has 130 valence electrons. The second-order valence-electron chi connectivity index (χ2n) is 6.52. The molecule has 2 heterocycles. The number of nitrogens with zero attached hydrogens (tertiary/aromatic N) is 2. The van der Waals surface area contributed by atoms with Crippen LogP contribution in [-0.2, 0) is 14.3 Å². The molecule has 0 saturated carbocycles. The van der Waals surface area contributed by atoms with Crippen molar-refractivity contribution in [3.8, 4) is 0 Å². The van der Waals surface area contributed by atoms with Crippen molar-refractivity contribution in [1.29, 1.82) is 0 Å². The molecule has 0 radical (unpaired) electrons. The maximum atomic E-state index is 13.0. The molecule has 1 aromatic carbocycles. The number of benzene rings is 1. The van der Waals surface area contributed by atoms with Gasteiger partial charge in [0.05, 0.1) is 18.6 Å². The van der Waals surface area contributed by atoms with Gasteiger partial charge in [0.2, 0.25) is 11.8 Å². The van der Waals surface area contributed by atoms with Crippen LogP contribution in [0.3, 0.4) is 0 Å². The Balaban J connectivity index is 1.64. The molecule has 0 aromatic heterocycles. The minimum atomic E-state index is -0.320. The lowest BCUT2D eigenvalue weighted by Crippen LogP contribution is -2.52. The van der Waals surface area contributed by atoms with E-state index in [0.717, 1.165) is 18.4 Å². The third-order valence-corrected chi connectivity index (χ3v) is 4.83. The lowest BCUT2D eigenvalue weighted by molar-refractivity contribution is -0.147. The Bertz CT molecular complexity index is 570. The average Bonchev–Trinajstić information content (AvgIpc) is 2.62. The molecule has 6 nitrogen and oxygen atoms in total. The van der Waals surface area contributed by atoms with Crippen LogP contribution in [0, 0.1) is 5.92 Å². The first-order valence-corrected chi connectivity index (χ1v) is 8.61. The first kappa shape index (κ1) is 16.9. The zero-order chi connectivity index (χ0) is 16.9. The van der Waals surface area contributed by atoms with Crippen LogP contribution >= 0.6 is 0 Å². The summed E-state index contributed by atoms with van der Waals surface area (Å²) in [5.41, 5.74) is 6.31. The van der Waals surface area contributed by atoms with Gasteiger partial charge < -0.3 is 15.4 Å². The van der Waals surface area contributed by atoms with Crippen molar-refractivity contribution in [2.45, 2.75) is 18.9 Å². The SMILES string of the molecule is NC(=O)CN1CCN(C(=O)[C@@H]2CCCO[C@H]2c2ccccc2)CC1. The van der Waals surface area contributed by atoms with Crippen molar-refractivity contribution in [2.24, 2.45) is 11.7 Å². The molecule has 2 aliphatic heterocycles. The summed E-state index contributed by atoms with van der Waals surface area (Å²) >= 11 is 0. The highest BCUT2D eigenvalue weighted by molar-refractivity contribution is 5.80. The van der Waals surface area contributed by atoms with Gasteiger partial charge in [0, 0.05) is 32.8 Å². The lowest BCUT2D eigenvalue weighted by atomic mass is 9.88. The average molecular weight is 331 g/mol. The van der Waals surface area contributed by atoms with E-state index in [1.807, 2.05) is 40.1 Å². The quantitative estimate of drug-likeness (QED) is 0.885. The summed E-state index contributed by atoms with van der Waals surface area (Å²) in [7, 11) is 0. The molecule has 24 heavy (non-hydrogen) atoms. The van der Waals surface area contributed by atoms with Gasteiger partial charge in [-0.25, -0.2) is 0 Å². The lowest BCUT2D eigenvalue weighted by Gasteiger charge is -2.39. The summed E-state index contributed by atoms with van der Waals surface area (Å²) in [6, 6.07) is 10.00. The fourth-order valence-electron chi connectivity index (χ4n) is 3.59. The van der Waals surface area contributed by atoms with Gasteiger partial charge in [0.25, 0.3) is 0 Å². The molecule has 3 rings (SSSR count). The van der Waals surface area contributed by atoms with Crippen LogP contribution in [0.2, 0.25) is 0 Å². The highest BCUT2D eigenvalue weighted by Crippen LogP contribution is 2.35. The Morgan fingerprint density at radius 2 is 1.83 bits per heavy atom. The number of hydrogen-bond acceptors (Lipinski definition) is 4. The van der Waals surface area contributed by atoms with Gasteiger partial charge in [0.15, 0.2) is 0 Å². The van der Waals surface area contributed by atoms with Crippen molar-refractivity contribution in [3.63, 3.8) is 0 Å². The number of primary amides is 1. The summed E-state index contributed by atoms with van der Waals surface area (Å²) in [6.45, 7) is 3.64. The standard InChI is InChI=1S/C18H25N3O3/c19-16(22)13-20-8-10-21(11-9-20)18(23)15-7-4-12-24-17(15)14-5-2-1-3-6-14/h1-3,5-6,15,17H,4,7-13H2,(H2,19,22)/t15-,17+/m1/s1. The van der Waals surface area contributed by atoms with Gasteiger partial charge in [-0.15, -0.1) is 0 Å². The Morgan fingerprint density at radius 3 is 2.50 bits per heavy atom. The van der Waals surface area contributed by atoms with E-state index in [1.165, 1.54) is 0 Å². The van der Waals surface area contributed by atoms with E-state index in [-0.39, 0.29) is 30.4 Å². The number of carbonyl (C=O) groups is 2. The molecule has 2 fully saturated rings. The second-order valence-corrected chi connectivity index (χ2v) is 6.52. The van der Waals surface area contributed by atoms with Gasteiger partial charge in [0.1, 0.15) is 0 Å². The van der Waals surface area contributed by atoms with E-state index in [4.69, 9.17) is 10.5 Å². The number of piperazine rings is 1. The van der Waals surface area contributed by atoms with Gasteiger partial charge >= 0.3 is 0 Å². The van der Waals surface area contributed by atoms with Crippen molar-refractivity contribution < 1.29 is 14.3 Å².